The molecule has 2 aromatic carbocycles. The molecule has 0 aliphatic rings. The van der Waals surface area contributed by atoms with Crippen molar-refractivity contribution in [1.82, 2.24) is 5.16 Å². The van der Waals surface area contributed by atoms with Gasteiger partial charge in [0.05, 0.1) is 5.56 Å². The number of aromatic nitrogens is 1. The lowest BCUT2D eigenvalue weighted by molar-refractivity contribution is -0.00620. The molecule has 0 fully saturated rings. The van der Waals surface area contributed by atoms with E-state index >= 15 is 0 Å². The average molecular weight is 351 g/mol. The SMILES string of the molecule is C=Cc1c(-c2cccc(C(=O)O)c2)noc1/C=C/c1ccc(OF)cc1. The molecule has 0 amide bonds. The fourth-order valence-electron chi connectivity index (χ4n) is 2.44. The van der Waals surface area contributed by atoms with Gasteiger partial charge in [-0.1, -0.05) is 48.2 Å². The van der Waals surface area contributed by atoms with Crippen molar-refractivity contribution in [2.75, 3.05) is 0 Å². The maximum atomic E-state index is 12.1. The van der Waals surface area contributed by atoms with Crippen LogP contribution in [0.2, 0.25) is 0 Å². The Morgan fingerprint density at radius 2 is 1.96 bits per heavy atom. The minimum Gasteiger partial charge on any atom is -0.478 e. The first kappa shape index (κ1) is 17.2. The van der Waals surface area contributed by atoms with Gasteiger partial charge in [0.25, 0.3) is 0 Å². The maximum absolute atomic E-state index is 12.1. The van der Waals surface area contributed by atoms with E-state index in [-0.39, 0.29) is 11.3 Å². The second-order valence-electron chi connectivity index (χ2n) is 5.38. The van der Waals surface area contributed by atoms with Crippen LogP contribution in [-0.4, -0.2) is 16.2 Å². The lowest BCUT2D eigenvalue weighted by atomic mass is 10.0. The lowest BCUT2D eigenvalue weighted by Gasteiger charge is -2.00. The van der Waals surface area contributed by atoms with Crippen molar-refractivity contribution in [3.8, 4) is 17.0 Å². The van der Waals surface area contributed by atoms with Gasteiger partial charge in [-0.25, -0.2) is 4.79 Å². The summed E-state index contributed by atoms with van der Waals surface area (Å²) in [7, 11) is 0. The molecule has 0 saturated carbocycles. The van der Waals surface area contributed by atoms with E-state index in [2.05, 4.69) is 16.7 Å². The fourth-order valence-corrected chi connectivity index (χ4v) is 2.44. The van der Waals surface area contributed by atoms with Gasteiger partial charge < -0.3 is 9.63 Å². The Morgan fingerprint density at radius 1 is 1.19 bits per heavy atom. The van der Waals surface area contributed by atoms with Crippen LogP contribution >= 0.6 is 0 Å². The Labute approximate surface area is 148 Å². The van der Waals surface area contributed by atoms with Gasteiger partial charge in [-0.3, -0.25) is 4.94 Å². The summed E-state index contributed by atoms with van der Waals surface area (Å²) in [6.07, 6.45) is 5.08. The topological polar surface area (TPSA) is 72.6 Å². The monoisotopic (exact) mass is 351 g/mol. The zero-order chi connectivity index (χ0) is 18.5. The number of carboxylic acids is 1. The third-order valence-corrected chi connectivity index (χ3v) is 3.74. The van der Waals surface area contributed by atoms with Gasteiger partial charge in [-0.2, -0.15) is 0 Å². The zero-order valence-corrected chi connectivity index (χ0v) is 13.6. The third-order valence-electron chi connectivity index (χ3n) is 3.74. The van der Waals surface area contributed by atoms with Crippen LogP contribution in [0.1, 0.15) is 27.2 Å². The Kier molecular flexibility index (Phi) is 4.94. The molecular formula is C20H14FNO4. The van der Waals surface area contributed by atoms with Crippen molar-refractivity contribution in [1.29, 1.82) is 0 Å². The predicted octanol–water partition coefficient (Wildman–Crippen LogP) is 5.12. The Morgan fingerprint density at radius 3 is 2.62 bits per heavy atom. The molecule has 26 heavy (non-hydrogen) atoms. The number of halogens is 1. The van der Waals surface area contributed by atoms with Crippen LogP contribution in [0.4, 0.5) is 4.53 Å². The van der Waals surface area contributed by atoms with Gasteiger partial charge >= 0.3 is 5.97 Å². The summed E-state index contributed by atoms with van der Waals surface area (Å²) in [5, 5.41) is 13.2. The standard InChI is InChI=1S/C20H14FNO4/c1-2-17-18(11-8-13-6-9-16(25-21)10-7-13)26-22-19(17)14-4-3-5-15(12-14)20(23)24/h2-12H,1H2,(H,23,24)/b11-8+. The van der Waals surface area contributed by atoms with E-state index in [1.807, 2.05) is 0 Å². The van der Waals surface area contributed by atoms with Crippen LogP contribution in [0.5, 0.6) is 5.75 Å². The highest BCUT2D eigenvalue weighted by molar-refractivity contribution is 5.90. The highest BCUT2D eigenvalue weighted by Gasteiger charge is 2.14. The molecule has 0 saturated heterocycles. The minimum atomic E-state index is -1.02. The molecule has 0 spiro atoms. The van der Waals surface area contributed by atoms with Gasteiger partial charge in [0.1, 0.15) is 5.69 Å². The highest BCUT2D eigenvalue weighted by Crippen LogP contribution is 2.28. The van der Waals surface area contributed by atoms with Crippen LogP contribution in [0.25, 0.3) is 29.5 Å². The van der Waals surface area contributed by atoms with Crippen molar-refractivity contribution in [2.24, 2.45) is 0 Å². The van der Waals surface area contributed by atoms with E-state index in [0.717, 1.165) is 5.56 Å². The Hall–Kier alpha value is -3.67. The number of nitrogens with zero attached hydrogens (tertiary/aromatic N) is 1. The first-order valence-corrected chi connectivity index (χ1v) is 7.65. The molecule has 0 bridgehead atoms. The summed E-state index contributed by atoms with van der Waals surface area (Å²) in [5.41, 5.74) is 2.74. The van der Waals surface area contributed by atoms with Gasteiger partial charge in [0.15, 0.2) is 11.5 Å². The van der Waals surface area contributed by atoms with Crippen LogP contribution in [-0.2, 0) is 0 Å². The first-order chi connectivity index (χ1) is 12.6. The van der Waals surface area contributed by atoms with Crippen LogP contribution < -0.4 is 4.94 Å². The molecule has 6 heteroatoms. The summed E-state index contributed by atoms with van der Waals surface area (Å²) in [6, 6.07) is 12.8. The normalized spacial score (nSPS) is 10.8. The van der Waals surface area contributed by atoms with E-state index in [0.29, 0.717) is 22.6 Å². The minimum absolute atomic E-state index is 0.120. The molecule has 1 aromatic heterocycles. The largest absolute Gasteiger partial charge is 0.478 e. The van der Waals surface area contributed by atoms with Gasteiger partial charge in [0.2, 0.25) is 0 Å². The van der Waals surface area contributed by atoms with E-state index in [1.54, 1.807) is 42.5 Å². The molecule has 3 aromatic rings. The van der Waals surface area contributed by atoms with E-state index in [4.69, 9.17) is 9.63 Å². The number of aromatic carboxylic acids is 1. The molecule has 5 nitrogen and oxygen atoms in total. The second kappa shape index (κ2) is 7.48. The van der Waals surface area contributed by atoms with E-state index in [1.165, 1.54) is 24.3 Å². The fraction of sp³-hybridized carbons (Fsp3) is 0. The molecule has 0 radical (unpaired) electrons. The molecule has 0 aliphatic heterocycles. The number of rotatable bonds is 6. The quantitative estimate of drug-likeness (QED) is 0.667. The predicted molar refractivity (Wildman–Crippen MR) is 96.1 cm³/mol. The maximum Gasteiger partial charge on any atom is 0.335 e. The third kappa shape index (κ3) is 3.54. The Balaban J connectivity index is 1.93. The van der Waals surface area contributed by atoms with Crippen molar-refractivity contribution in [3.63, 3.8) is 0 Å². The number of benzene rings is 2. The summed E-state index contributed by atoms with van der Waals surface area (Å²) >= 11 is 0. The van der Waals surface area contributed by atoms with Gasteiger partial charge in [-0.05, 0) is 35.9 Å². The first-order valence-electron chi connectivity index (χ1n) is 7.65. The molecule has 1 N–H and O–H groups in total. The number of carboxylic acid groups (broad SMARTS) is 1. The van der Waals surface area contributed by atoms with Crippen molar-refractivity contribution in [3.05, 3.63) is 77.6 Å². The zero-order valence-electron chi connectivity index (χ0n) is 13.6. The number of hydrogen-bond acceptors (Lipinski definition) is 4. The molecule has 0 aliphatic carbocycles. The van der Waals surface area contributed by atoms with Crippen LogP contribution in [0, 0.1) is 0 Å². The van der Waals surface area contributed by atoms with Crippen LogP contribution in [0.15, 0.2) is 59.6 Å². The molecular weight excluding hydrogens is 337 g/mol. The van der Waals surface area contributed by atoms with Crippen molar-refractivity contribution < 1.29 is 23.9 Å². The summed E-state index contributed by atoms with van der Waals surface area (Å²) < 4.78 is 17.4. The summed E-state index contributed by atoms with van der Waals surface area (Å²) in [4.78, 5) is 14.8. The molecule has 1 heterocycles. The van der Waals surface area contributed by atoms with Crippen molar-refractivity contribution in [2.45, 2.75) is 0 Å². The molecule has 0 unspecified atom stereocenters. The molecule has 130 valence electrons. The van der Waals surface area contributed by atoms with E-state index in [9.17, 15) is 9.32 Å². The average Bonchev–Trinajstić information content (AvgIpc) is 3.09. The van der Waals surface area contributed by atoms with Crippen molar-refractivity contribution >= 4 is 24.2 Å². The second-order valence-corrected chi connectivity index (χ2v) is 5.38. The molecule has 0 atom stereocenters. The molecule has 3 rings (SSSR count). The highest BCUT2D eigenvalue weighted by atomic mass is 19.3. The summed E-state index contributed by atoms with van der Waals surface area (Å²) in [6.45, 7) is 3.78. The number of carbonyl (C=O) groups is 1. The lowest BCUT2D eigenvalue weighted by Crippen LogP contribution is -1.96. The summed E-state index contributed by atoms with van der Waals surface area (Å²) in [5.74, 6) is -0.424. The van der Waals surface area contributed by atoms with Gasteiger partial charge in [0, 0.05) is 15.7 Å². The van der Waals surface area contributed by atoms with Crippen LogP contribution in [0.3, 0.4) is 0 Å². The van der Waals surface area contributed by atoms with Gasteiger partial charge in [-0.15, -0.1) is 0 Å². The number of hydrogen-bond donors (Lipinski definition) is 1. The smallest absolute Gasteiger partial charge is 0.335 e. The van der Waals surface area contributed by atoms with E-state index < -0.39 is 5.97 Å². The Bertz CT molecular complexity index is 974.